The predicted octanol–water partition coefficient (Wildman–Crippen LogP) is 1.86. The molecule has 0 heterocycles. The molecule has 1 rings (SSSR count). The summed E-state index contributed by atoms with van der Waals surface area (Å²) in [6.45, 7) is 1.62. The third kappa shape index (κ3) is 2.12. The molecule has 0 radical (unpaired) electrons. The Morgan fingerprint density at radius 3 is 2.83 bits per heavy atom. The van der Waals surface area contributed by atoms with Crippen LogP contribution in [-0.2, 0) is 16.8 Å². The molecule has 1 unspecified atom stereocenters. The highest BCUT2D eigenvalue weighted by Crippen LogP contribution is 2.12. The van der Waals surface area contributed by atoms with Crippen LogP contribution in [0.1, 0.15) is 11.1 Å². The van der Waals surface area contributed by atoms with Crippen LogP contribution in [0.25, 0.3) is 0 Å². The average Bonchev–Trinajstić information content (AvgIpc) is 1.98. The van der Waals surface area contributed by atoms with Gasteiger partial charge in [0.1, 0.15) is 5.82 Å². The van der Waals surface area contributed by atoms with E-state index in [0.29, 0.717) is 5.56 Å². The molecule has 4 heteroatoms. The lowest BCUT2D eigenvalue weighted by Gasteiger charge is -2.01. The first-order chi connectivity index (χ1) is 5.61. The second-order valence-corrected chi connectivity index (χ2v) is 3.45. The molecule has 0 amide bonds. The molecule has 0 bridgehead atoms. The third-order valence-electron chi connectivity index (χ3n) is 1.55. The number of benzene rings is 1. The molecule has 1 atom stereocenters. The summed E-state index contributed by atoms with van der Waals surface area (Å²) >= 11 is -1.98. The zero-order valence-corrected chi connectivity index (χ0v) is 7.40. The van der Waals surface area contributed by atoms with Gasteiger partial charge in [-0.25, -0.2) is 8.60 Å². The first-order valence-corrected chi connectivity index (χ1v) is 4.70. The smallest absolute Gasteiger partial charge is 0.157 e. The quantitative estimate of drug-likeness (QED) is 0.719. The molecule has 2 nitrogen and oxygen atoms in total. The van der Waals surface area contributed by atoms with E-state index >= 15 is 0 Å². The van der Waals surface area contributed by atoms with Crippen molar-refractivity contribution in [3.63, 3.8) is 0 Å². The van der Waals surface area contributed by atoms with Gasteiger partial charge in [0, 0.05) is 5.56 Å². The van der Waals surface area contributed by atoms with Crippen LogP contribution < -0.4 is 0 Å². The van der Waals surface area contributed by atoms with E-state index < -0.39 is 11.1 Å². The maximum Gasteiger partial charge on any atom is 0.157 e. The maximum absolute atomic E-state index is 13.1. The van der Waals surface area contributed by atoms with E-state index in [1.165, 1.54) is 6.07 Å². The van der Waals surface area contributed by atoms with Gasteiger partial charge >= 0.3 is 0 Å². The highest BCUT2D eigenvalue weighted by atomic mass is 32.2. The first kappa shape index (κ1) is 9.35. The number of hydrogen-bond acceptors (Lipinski definition) is 1. The Labute approximate surface area is 72.7 Å². The maximum atomic E-state index is 13.1. The number of rotatable bonds is 2. The lowest BCUT2D eigenvalue weighted by Crippen LogP contribution is -1.97. The molecule has 1 aromatic carbocycles. The molecule has 0 fully saturated rings. The minimum atomic E-state index is -1.98. The summed E-state index contributed by atoms with van der Waals surface area (Å²) in [6, 6.07) is 4.80. The summed E-state index contributed by atoms with van der Waals surface area (Å²) in [5, 5.41) is 0. The normalized spacial score (nSPS) is 12.9. The molecule has 0 saturated heterocycles. The number of halogens is 1. The fourth-order valence-corrected chi connectivity index (χ4v) is 1.44. The molecule has 0 saturated carbocycles. The van der Waals surface area contributed by atoms with Crippen LogP contribution in [-0.4, -0.2) is 8.76 Å². The monoisotopic (exact) mass is 188 g/mol. The third-order valence-corrected chi connectivity index (χ3v) is 2.11. The second-order valence-electron chi connectivity index (χ2n) is 2.51. The van der Waals surface area contributed by atoms with Crippen molar-refractivity contribution in [3.05, 3.63) is 35.1 Å². The second kappa shape index (κ2) is 3.78. The lowest BCUT2D eigenvalue weighted by molar-refractivity contribution is 0.558. The van der Waals surface area contributed by atoms with E-state index in [-0.39, 0.29) is 17.1 Å². The molecule has 0 aliphatic carbocycles. The van der Waals surface area contributed by atoms with Gasteiger partial charge in [-0.15, -0.1) is 0 Å². The van der Waals surface area contributed by atoms with Crippen LogP contribution in [0.3, 0.4) is 0 Å². The first-order valence-electron chi connectivity index (χ1n) is 3.42. The van der Waals surface area contributed by atoms with E-state index in [0.717, 1.165) is 0 Å². The highest BCUT2D eigenvalue weighted by molar-refractivity contribution is 7.78. The van der Waals surface area contributed by atoms with Crippen molar-refractivity contribution in [2.24, 2.45) is 0 Å². The fraction of sp³-hybridized carbons (Fsp3) is 0.250. The molecule has 12 heavy (non-hydrogen) atoms. The van der Waals surface area contributed by atoms with Crippen LogP contribution >= 0.6 is 0 Å². The van der Waals surface area contributed by atoms with Crippen molar-refractivity contribution in [2.75, 3.05) is 0 Å². The molecule has 66 valence electrons. The minimum Gasteiger partial charge on any atom is -0.306 e. The van der Waals surface area contributed by atoms with Crippen LogP contribution in [0.2, 0.25) is 0 Å². The predicted molar refractivity (Wildman–Crippen MR) is 45.6 cm³/mol. The molecule has 0 spiro atoms. The van der Waals surface area contributed by atoms with Gasteiger partial charge in [0.05, 0.1) is 5.75 Å². The van der Waals surface area contributed by atoms with Gasteiger partial charge < -0.3 is 4.55 Å². The fourth-order valence-electron chi connectivity index (χ4n) is 0.953. The molecular weight excluding hydrogens is 179 g/mol. The Bertz CT molecular complexity index is 312. The number of aryl methyl sites for hydroxylation is 1. The van der Waals surface area contributed by atoms with Crippen molar-refractivity contribution >= 4 is 11.1 Å². The van der Waals surface area contributed by atoms with Crippen LogP contribution in [0.15, 0.2) is 18.2 Å². The van der Waals surface area contributed by atoms with Crippen molar-refractivity contribution in [1.29, 1.82) is 0 Å². The Morgan fingerprint density at radius 1 is 1.58 bits per heavy atom. The van der Waals surface area contributed by atoms with E-state index in [9.17, 15) is 8.60 Å². The van der Waals surface area contributed by atoms with Gasteiger partial charge in [0.25, 0.3) is 0 Å². The van der Waals surface area contributed by atoms with Crippen LogP contribution in [0.4, 0.5) is 4.39 Å². The average molecular weight is 188 g/mol. The molecule has 0 aromatic heterocycles. The Kier molecular flexibility index (Phi) is 2.94. The zero-order chi connectivity index (χ0) is 9.14. The SMILES string of the molecule is Cc1cccc(CS(=O)O)c1F. The van der Waals surface area contributed by atoms with Gasteiger partial charge in [-0.3, -0.25) is 0 Å². The highest BCUT2D eigenvalue weighted by Gasteiger charge is 2.06. The van der Waals surface area contributed by atoms with Crippen molar-refractivity contribution in [3.8, 4) is 0 Å². The minimum absolute atomic E-state index is 0.145. The van der Waals surface area contributed by atoms with E-state index in [2.05, 4.69) is 0 Å². The number of hydrogen-bond donors (Lipinski definition) is 1. The topological polar surface area (TPSA) is 37.3 Å². The van der Waals surface area contributed by atoms with Gasteiger partial charge in [-0.2, -0.15) is 0 Å². The largest absolute Gasteiger partial charge is 0.306 e. The molecule has 0 aliphatic rings. The summed E-state index contributed by atoms with van der Waals surface area (Å²) in [5.74, 6) is -0.534. The van der Waals surface area contributed by atoms with Gasteiger partial charge in [-0.05, 0) is 12.5 Å². The summed E-state index contributed by atoms with van der Waals surface area (Å²) in [4.78, 5) is 0. The van der Waals surface area contributed by atoms with E-state index in [1.54, 1.807) is 19.1 Å². The van der Waals surface area contributed by atoms with Crippen LogP contribution in [0, 0.1) is 12.7 Å². The molecule has 1 N–H and O–H groups in total. The molecule has 1 aromatic rings. The van der Waals surface area contributed by atoms with Crippen molar-refractivity contribution in [2.45, 2.75) is 12.7 Å². The molecular formula is C8H9FO2S. The van der Waals surface area contributed by atoms with Crippen molar-refractivity contribution in [1.82, 2.24) is 0 Å². The van der Waals surface area contributed by atoms with Gasteiger partial charge in [0.15, 0.2) is 11.1 Å². The van der Waals surface area contributed by atoms with Gasteiger partial charge in [-0.1, -0.05) is 18.2 Å². The summed E-state index contributed by atoms with van der Waals surface area (Å²) in [5.41, 5.74) is 0.786. The zero-order valence-electron chi connectivity index (χ0n) is 6.58. The standard InChI is InChI=1S/C8H9FO2S/c1-6-3-2-4-7(8(6)9)5-12(10)11/h2-4H,5H2,1H3,(H,10,11). The Morgan fingerprint density at radius 2 is 2.25 bits per heavy atom. The summed E-state index contributed by atoms with van der Waals surface area (Å²) in [6.07, 6.45) is 0. The van der Waals surface area contributed by atoms with Crippen LogP contribution in [0.5, 0.6) is 0 Å². The van der Waals surface area contributed by atoms with E-state index in [1.807, 2.05) is 0 Å². The lowest BCUT2D eigenvalue weighted by atomic mass is 10.1. The molecule has 0 aliphatic heterocycles. The van der Waals surface area contributed by atoms with E-state index in [4.69, 9.17) is 4.55 Å². The summed E-state index contributed by atoms with van der Waals surface area (Å²) < 4.78 is 32.0. The Balaban J connectivity index is 3.00. The van der Waals surface area contributed by atoms with Gasteiger partial charge in [0.2, 0.25) is 0 Å². The van der Waals surface area contributed by atoms with Crippen molar-refractivity contribution < 1.29 is 13.2 Å². The Hall–Kier alpha value is -0.740. The summed E-state index contributed by atoms with van der Waals surface area (Å²) in [7, 11) is 0.